The van der Waals surface area contributed by atoms with Crippen LogP contribution in [0.1, 0.15) is 4.88 Å². The monoisotopic (exact) mass is 463 g/mol. The smallest absolute Gasteiger partial charge is 0.308 e. The molecule has 0 saturated carbocycles. The predicted molar refractivity (Wildman–Crippen MR) is 114 cm³/mol. The molecule has 31 heavy (non-hydrogen) atoms. The fraction of sp³-hybridized carbons (Fsp3) is 0. The second kappa shape index (κ2) is 9.49. The summed E-state index contributed by atoms with van der Waals surface area (Å²) in [7, 11) is -4.19. The van der Waals surface area contributed by atoms with Crippen LogP contribution in [0.2, 0.25) is 0 Å². The number of imide groups is 1. The number of thiophene rings is 1. The van der Waals surface area contributed by atoms with E-state index in [4.69, 9.17) is 0 Å². The van der Waals surface area contributed by atoms with Crippen molar-refractivity contribution >= 4 is 50.7 Å². The van der Waals surface area contributed by atoms with E-state index < -0.39 is 39.3 Å². The van der Waals surface area contributed by atoms with Gasteiger partial charge < -0.3 is 5.32 Å². The maximum Gasteiger partial charge on any atom is 0.326 e. The van der Waals surface area contributed by atoms with Crippen LogP contribution in [0.25, 0.3) is 6.08 Å². The highest BCUT2D eigenvalue weighted by Crippen LogP contribution is 2.21. The lowest BCUT2D eigenvalue weighted by Crippen LogP contribution is -2.33. The number of carbonyl (C=O) groups excluding carboxylic acids is 2. The van der Waals surface area contributed by atoms with Gasteiger partial charge in [-0.1, -0.05) is 6.07 Å². The van der Waals surface area contributed by atoms with E-state index in [2.05, 4.69) is 10.6 Å². The van der Waals surface area contributed by atoms with E-state index in [1.807, 2.05) is 22.2 Å². The van der Waals surface area contributed by atoms with E-state index in [0.29, 0.717) is 0 Å². The van der Waals surface area contributed by atoms with Gasteiger partial charge in [0, 0.05) is 22.7 Å². The van der Waals surface area contributed by atoms with Gasteiger partial charge in [0.05, 0.1) is 10.6 Å². The van der Waals surface area contributed by atoms with Crippen LogP contribution in [-0.4, -0.2) is 20.4 Å². The highest BCUT2D eigenvalue weighted by Gasteiger charge is 2.17. The Labute approximate surface area is 180 Å². The zero-order chi connectivity index (χ0) is 22.4. The van der Waals surface area contributed by atoms with E-state index in [1.54, 1.807) is 6.08 Å². The average molecular weight is 463 g/mol. The van der Waals surface area contributed by atoms with Gasteiger partial charge in [-0.3, -0.25) is 14.8 Å². The minimum Gasteiger partial charge on any atom is -0.308 e. The summed E-state index contributed by atoms with van der Waals surface area (Å²) in [5, 5.41) is 6.33. The number of sulfonamides is 1. The van der Waals surface area contributed by atoms with Gasteiger partial charge >= 0.3 is 6.03 Å². The molecule has 3 rings (SSSR count). The van der Waals surface area contributed by atoms with Gasteiger partial charge in [-0.25, -0.2) is 22.0 Å². The van der Waals surface area contributed by atoms with E-state index >= 15 is 0 Å². The molecular formula is C20H15F2N3O4S2. The summed E-state index contributed by atoms with van der Waals surface area (Å²) >= 11 is 1.43. The van der Waals surface area contributed by atoms with Gasteiger partial charge in [-0.05, 0) is 53.9 Å². The van der Waals surface area contributed by atoms with Crippen LogP contribution >= 0.6 is 11.3 Å². The molecule has 160 valence electrons. The molecule has 0 fully saturated rings. The first-order valence-corrected chi connectivity index (χ1v) is 11.0. The first-order valence-electron chi connectivity index (χ1n) is 8.64. The number of amides is 3. The molecule has 2 aromatic carbocycles. The Kier molecular flexibility index (Phi) is 6.78. The normalized spacial score (nSPS) is 11.3. The summed E-state index contributed by atoms with van der Waals surface area (Å²) in [6.45, 7) is 0. The summed E-state index contributed by atoms with van der Waals surface area (Å²) < 4.78 is 53.6. The van der Waals surface area contributed by atoms with Crippen molar-refractivity contribution in [2.24, 2.45) is 0 Å². The Balaban J connectivity index is 1.60. The van der Waals surface area contributed by atoms with Gasteiger partial charge in [0.1, 0.15) is 11.6 Å². The zero-order valence-electron chi connectivity index (χ0n) is 15.6. The Bertz CT molecular complexity index is 1230. The van der Waals surface area contributed by atoms with E-state index in [0.717, 1.165) is 35.2 Å². The van der Waals surface area contributed by atoms with Crippen molar-refractivity contribution in [3.05, 3.63) is 82.6 Å². The molecule has 0 unspecified atom stereocenters. The number of benzene rings is 2. The van der Waals surface area contributed by atoms with Crippen LogP contribution in [0.4, 0.5) is 25.0 Å². The van der Waals surface area contributed by atoms with Crippen molar-refractivity contribution in [3.63, 3.8) is 0 Å². The van der Waals surface area contributed by atoms with Crippen molar-refractivity contribution < 1.29 is 26.8 Å². The number of hydrogen-bond acceptors (Lipinski definition) is 5. The van der Waals surface area contributed by atoms with Crippen LogP contribution in [-0.2, 0) is 14.8 Å². The first kappa shape index (κ1) is 22.1. The second-order valence-electron chi connectivity index (χ2n) is 6.05. The van der Waals surface area contributed by atoms with Gasteiger partial charge in [-0.15, -0.1) is 11.3 Å². The van der Waals surface area contributed by atoms with Crippen LogP contribution < -0.4 is 15.4 Å². The largest absolute Gasteiger partial charge is 0.326 e. The fourth-order valence-corrected chi connectivity index (χ4v) is 4.03. The standard InChI is InChI=1S/C20H15F2N3O4S2/c21-13-3-9-17(22)18(12-13)25-31(28,29)16-7-4-14(5-8-16)23-20(27)24-19(26)10-6-15-2-1-11-30-15/h1-12,25H,(H2,23,24,26,27). The summed E-state index contributed by atoms with van der Waals surface area (Å²) in [5.74, 6) is -2.37. The van der Waals surface area contributed by atoms with Crippen molar-refractivity contribution in [2.75, 3.05) is 10.0 Å². The molecule has 0 atom stereocenters. The minimum absolute atomic E-state index is 0.212. The van der Waals surface area contributed by atoms with Gasteiger partial charge in [0.2, 0.25) is 0 Å². The molecule has 3 amide bonds. The van der Waals surface area contributed by atoms with E-state index in [9.17, 15) is 26.8 Å². The SMILES string of the molecule is O=C(C=Cc1cccs1)NC(=O)Nc1ccc(S(=O)(=O)Nc2cc(F)ccc2F)cc1. The topological polar surface area (TPSA) is 104 Å². The number of nitrogens with one attached hydrogen (secondary N) is 3. The molecule has 0 radical (unpaired) electrons. The number of urea groups is 1. The molecule has 0 aliphatic rings. The van der Waals surface area contributed by atoms with E-state index in [-0.39, 0.29) is 10.6 Å². The fourth-order valence-electron chi connectivity index (χ4n) is 2.36. The quantitative estimate of drug-likeness (QED) is 0.477. The number of anilines is 2. The highest BCUT2D eigenvalue weighted by molar-refractivity contribution is 7.92. The van der Waals surface area contributed by atoms with Crippen LogP contribution in [0.5, 0.6) is 0 Å². The van der Waals surface area contributed by atoms with Crippen LogP contribution in [0, 0.1) is 11.6 Å². The highest BCUT2D eigenvalue weighted by atomic mass is 32.2. The molecule has 1 aromatic heterocycles. The molecule has 0 spiro atoms. The Morgan fingerprint density at radius 3 is 2.42 bits per heavy atom. The molecule has 0 saturated heterocycles. The maximum absolute atomic E-state index is 13.7. The number of hydrogen-bond donors (Lipinski definition) is 3. The lowest BCUT2D eigenvalue weighted by Gasteiger charge is -2.10. The van der Waals surface area contributed by atoms with Crippen LogP contribution in [0.3, 0.4) is 0 Å². The second-order valence-corrected chi connectivity index (χ2v) is 8.71. The third-order valence-electron chi connectivity index (χ3n) is 3.77. The summed E-state index contributed by atoms with van der Waals surface area (Å²) in [5.41, 5.74) is -0.320. The molecule has 7 nitrogen and oxygen atoms in total. The molecule has 1 heterocycles. The molecule has 0 aliphatic heterocycles. The third kappa shape index (κ3) is 6.20. The Hall–Kier alpha value is -3.57. The Morgan fingerprint density at radius 1 is 1.00 bits per heavy atom. The van der Waals surface area contributed by atoms with Gasteiger partial charge in [0.15, 0.2) is 0 Å². The van der Waals surface area contributed by atoms with Crippen LogP contribution in [0.15, 0.2) is 70.9 Å². The molecule has 0 aliphatic carbocycles. The molecule has 11 heteroatoms. The predicted octanol–water partition coefficient (Wildman–Crippen LogP) is 4.19. The van der Waals surface area contributed by atoms with Crippen molar-refractivity contribution in [1.82, 2.24) is 5.32 Å². The summed E-state index contributed by atoms with van der Waals surface area (Å²) in [4.78, 5) is 24.3. The number of halogens is 2. The molecular weight excluding hydrogens is 448 g/mol. The zero-order valence-corrected chi connectivity index (χ0v) is 17.3. The summed E-state index contributed by atoms with van der Waals surface area (Å²) in [6.07, 6.45) is 2.76. The van der Waals surface area contributed by atoms with Crippen molar-refractivity contribution in [1.29, 1.82) is 0 Å². The lowest BCUT2D eigenvalue weighted by atomic mass is 10.3. The molecule has 3 aromatic rings. The van der Waals surface area contributed by atoms with Gasteiger partial charge in [0.25, 0.3) is 15.9 Å². The molecule has 3 N–H and O–H groups in total. The van der Waals surface area contributed by atoms with Crippen molar-refractivity contribution in [2.45, 2.75) is 4.90 Å². The number of carbonyl (C=O) groups is 2. The lowest BCUT2D eigenvalue weighted by molar-refractivity contribution is -0.115. The van der Waals surface area contributed by atoms with Gasteiger partial charge in [-0.2, -0.15) is 0 Å². The van der Waals surface area contributed by atoms with Crippen molar-refractivity contribution in [3.8, 4) is 0 Å². The Morgan fingerprint density at radius 2 is 1.74 bits per heavy atom. The first-order chi connectivity index (χ1) is 14.7. The van der Waals surface area contributed by atoms with E-state index in [1.165, 1.54) is 29.5 Å². The molecule has 0 bridgehead atoms. The maximum atomic E-state index is 13.7. The summed E-state index contributed by atoms with van der Waals surface area (Å²) in [6, 6.07) is 10.1. The third-order valence-corrected chi connectivity index (χ3v) is 5.99. The average Bonchev–Trinajstić information content (AvgIpc) is 3.23. The number of rotatable bonds is 6. The minimum atomic E-state index is -4.19.